The third-order valence-corrected chi connectivity index (χ3v) is 6.29. The number of nitrogens with one attached hydrogen (secondary N) is 3. The number of sulfonamides is 1. The normalized spacial score (nSPS) is 10.9. The van der Waals surface area contributed by atoms with Gasteiger partial charge in [-0.2, -0.15) is 0 Å². The number of aryl methyl sites for hydroxylation is 1. The molecule has 0 radical (unpaired) electrons. The summed E-state index contributed by atoms with van der Waals surface area (Å²) in [6.07, 6.45) is 3.16. The van der Waals surface area contributed by atoms with Crippen molar-refractivity contribution in [3.63, 3.8) is 0 Å². The van der Waals surface area contributed by atoms with Gasteiger partial charge in [0.1, 0.15) is 23.8 Å². The van der Waals surface area contributed by atoms with Crippen LogP contribution in [0.2, 0.25) is 0 Å². The monoisotopic (exact) mass is 492 g/mol. The van der Waals surface area contributed by atoms with Crippen molar-refractivity contribution in [3.8, 4) is 11.5 Å². The molecule has 0 aliphatic carbocycles. The number of benzene rings is 2. The zero-order valence-electron chi connectivity index (χ0n) is 19.3. The molecule has 10 nitrogen and oxygen atoms in total. The third kappa shape index (κ3) is 5.95. The molecule has 0 bridgehead atoms. The van der Waals surface area contributed by atoms with Gasteiger partial charge in [0, 0.05) is 29.7 Å². The number of pyridine rings is 1. The van der Waals surface area contributed by atoms with Crippen LogP contribution in [0.3, 0.4) is 0 Å². The van der Waals surface area contributed by atoms with Gasteiger partial charge in [0.15, 0.2) is 11.5 Å². The Bertz CT molecular complexity index is 1430. The van der Waals surface area contributed by atoms with Gasteiger partial charge in [-0.25, -0.2) is 23.4 Å². The van der Waals surface area contributed by atoms with Crippen molar-refractivity contribution in [2.75, 3.05) is 29.6 Å². The predicted octanol–water partition coefficient (Wildman–Crippen LogP) is 4.49. The van der Waals surface area contributed by atoms with E-state index in [1.807, 2.05) is 19.1 Å². The summed E-state index contributed by atoms with van der Waals surface area (Å²) in [6, 6.07) is 16.8. The van der Waals surface area contributed by atoms with Gasteiger partial charge >= 0.3 is 0 Å². The topological polar surface area (TPSA) is 127 Å². The Balaban J connectivity index is 1.44. The molecule has 2 aromatic carbocycles. The Labute approximate surface area is 203 Å². The van der Waals surface area contributed by atoms with Gasteiger partial charge in [0.25, 0.3) is 10.0 Å². The SMILES string of the molecule is COc1ccc(S(=O)(=O)Nc2ccc(Nc3cc(Nc4cc(C)ccn4)ncn3)cc2)cc1OC. The minimum Gasteiger partial charge on any atom is -0.493 e. The molecule has 35 heavy (non-hydrogen) atoms. The van der Waals surface area contributed by atoms with Gasteiger partial charge in [0.05, 0.1) is 19.1 Å². The van der Waals surface area contributed by atoms with E-state index in [4.69, 9.17) is 9.47 Å². The highest BCUT2D eigenvalue weighted by Gasteiger charge is 2.17. The fourth-order valence-electron chi connectivity index (χ4n) is 3.20. The number of methoxy groups -OCH3 is 2. The molecule has 2 aromatic heterocycles. The van der Waals surface area contributed by atoms with Crippen LogP contribution < -0.4 is 24.8 Å². The molecule has 2 heterocycles. The average Bonchev–Trinajstić information content (AvgIpc) is 2.85. The van der Waals surface area contributed by atoms with E-state index in [0.717, 1.165) is 11.3 Å². The summed E-state index contributed by atoms with van der Waals surface area (Å²) in [5, 5.41) is 6.31. The van der Waals surface area contributed by atoms with Gasteiger partial charge < -0.3 is 20.1 Å². The lowest BCUT2D eigenvalue weighted by Gasteiger charge is -2.12. The van der Waals surface area contributed by atoms with Gasteiger partial charge in [0.2, 0.25) is 0 Å². The molecule has 0 fully saturated rings. The van der Waals surface area contributed by atoms with E-state index in [2.05, 4.69) is 30.3 Å². The number of hydrogen-bond acceptors (Lipinski definition) is 9. The van der Waals surface area contributed by atoms with Crippen LogP contribution >= 0.6 is 0 Å². The third-order valence-electron chi connectivity index (χ3n) is 4.91. The number of rotatable bonds is 9. The maximum absolute atomic E-state index is 12.8. The van der Waals surface area contributed by atoms with Crippen LogP contribution in [-0.2, 0) is 10.0 Å². The highest BCUT2D eigenvalue weighted by atomic mass is 32.2. The first-order valence-electron chi connectivity index (χ1n) is 10.5. The fourth-order valence-corrected chi connectivity index (χ4v) is 4.27. The van der Waals surface area contributed by atoms with Gasteiger partial charge in [-0.1, -0.05) is 0 Å². The standard InChI is InChI=1S/C24H24N6O4S/c1-16-10-11-25-22(12-16)29-24-14-23(26-15-27-24)28-17-4-6-18(7-5-17)30-35(31,32)19-8-9-20(33-2)21(13-19)34-3/h4-15,30H,1-3H3,(H2,25,26,27,28,29). The zero-order chi connectivity index (χ0) is 24.8. The van der Waals surface area contributed by atoms with Crippen LogP contribution in [0.1, 0.15) is 5.56 Å². The maximum atomic E-state index is 12.8. The van der Waals surface area contributed by atoms with E-state index in [-0.39, 0.29) is 4.90 Å². The van der Waals surface area contributed by atoms with E-state index in [1.54, 1.807) is 42.6 Å². The van der Waals surface area contributed by atoms with E-state index in [0.29, 0.717) is 34.6 Å². The number of anilines is 5. The molecule has 4 rings (SSSR count). The van der Waals surface area contributed by atoms with Crippen molar-refractivity contribution in [2.24, 2.45) is 0 Å². The summed E-state index contributed by atoms with van der Waals surface area (Å²) < 4.78 is 38.5. The van der Waals surface area contributed by atoms with Crippen molar-refractivity contribution in [1.29, 1.82) is 0 Å². The number of aromatic nitrogens is 3. The lowest BCUT2D eigenvalue weighted by molar-refractivity contribution is 0.354. The van der Waals surface area contributed by atoms with Gasteiger partial charge in [-0.05, 0) is 61.0 Å². The fraction of sp³-hybridized carbons (Fsp3) is 0.125. The summed E-state index contributed by atoms with van der Waals surface area (Å²) in [7, 11) is -0.888. The Morgan fingerprint density at radius 3 is 2.06 bits per heavy atom. The van der Waals surface area contributed by atoms with Crippen molar-refractivity contribution >= 4 is 38.9 Å². The van der Waals surface area contributed by atoms with Crippen LogP contribution in [0.4, 0.5) is 28.8 Å². The van der Waals surface area contributed by atoms with Crippen LogP contribution in [0.25, 0.3) is 0 Å². The molecular formula is C24H24N6O4S. The lowest BCUT2D eigenvalue weighted by atomic mass is 10.3. The summed E-state index contributed by atoms with van der Waals surface area (Å²) >= 11 is 0. The van der Waals surface area contributed by atoms with Crippen molar-refractivity contribution in [1.82, 2.24) is 15.0 Å². The zero-order valence-corrected chi connectivity index (χ0v) is 20.1. The maximum Gasteiger partial charge on any atom is 0.262 e. The average molecular weight is 493 g/mol. The smallest absolute Gasteiger partial charge is 0.262 e. The Hall–Kier alpha value is -4.38. The Kier molecular flexibility index (Phi) is 6.97. The van der Waals surface area contributed by atoms with Gasteiger partial charge in [-0.15, -0.1) is 0 Å². The van der Waals surface area contributed by atoms with E-state index >= 15 is 0 Å². The van der Waals surface area contributed by atoms with E-state index in [1.165, 1.54) is 32.7 Å². The van der Waals surface area contributed by atoms with E-state index in [9.17, 15) is 8.42 Å². The molecule has 0 atom stereocenters. The van der Waals surface area contributed by atoms with Crippen molar-refractivity contribution in [2.45, 2.75) is 11.8 Å². The molecular weight excluding hydrogens is 468 g/mol. The molecule has 0 spiro atoms. The Morgan fingerprint density at radius 2 is 1.37 bits per heavy atom. The second-order valence-corrected chi connectivity index (χ2v) is 9.14. The first-order valence-corrected chi connectivity index (χ1v) is 12.0. The first-order chi connectivity index (χ1) is 16.9. The molecule has 0 amide bonds. The van der Waals surface area contributed by atoms with Crippen LogP contribution in [-0.4, -0.2) is 37.6 Å². The Morgan fingerprint density at radius 1 is 0.714 bits per heavy atom. The highest BCUT2D eigenvalue weighted by Crippen LogP contribution is 2.30. The molecule has 180 valence electrons. The molecule has 0 saturated heterocycles. The van der Waals surface area contributed by atoms with Crippen LogP contribution in [0, 0.1) is 6.92 Å². The first kappa shape index (κ1) is 23.8. The van der Waals surface area contributed by atoms with Gasteiger partial charge in [-0.3, -0.25) is 4.72 Å². The lowest BCUT2D eigenvalue weighted by Crippen LogP contribution is -2.13. The number of hydrogen-bond donors (Lipinski definition) is 3. The number of ether oxygens (including phenoxy) is 2. The molecule has 0 aliphatic rings. The van der Waals surface area contributed by atoms with Crippen LogP contribution in [0.15, 0.2) is 78.1 Å². The molecule has 0 aliphatic heterocycles. The summed E-state index contributed by atoms with van der Waals surface area (Å²) in [5.74, 6) is 2.60. The van der Waals surface area contributed by atoms with Crippen LogP contribution in [0.5, 0.6) is 11.5 Å². The predicted molar refractivity (Wildman–Crippen MR) is 134 cm³/mol. The summed E-state index contributed by atoms with van der Waals surface area (Å²) in [6.45, 7) is 1.98. The second kappa shape index (κ2) is 10.3. The summed E-state index contributed by atoms with van der Waals surface area (Å²) in [4.78, 5) is 12.8. The van der Waals surface area contributed by atoms with Crippen molar-refractivity contribution < 1.29 is 17.9 Å². The van der Waals surface area contributed by atoms with E-state index < -0.39 is 10.0 Å². The minimum absolute atomic E-state index is 0.0569. The minimum atomic E-state index is -3.82. The number of nitrogens with zero attached hydrogens (tertiary/aromatic N) is 3. The van der Waals surface area contributed by atoms with Crippen molar-refractivity contribution in [3.05, 3.63) is 78.8 Å². The molecule has 4 aromatic rings. The largest absolute Gasteiger partial charge is 0.493 e. The quantitative estimate of drug-likeness (QED) is 0.310. The highest BCUT2D eigenvalue weighted by molar-refractivity contribution is 7.92. The molecule has 3 N–H and O–H groups in total. The summed E-state index contributed by atoms with van der Waals surface area (Å²) in [5.41, 5.74) is 2.20. The molecule has 0 saturated carbocycles. The molecule has 0 unspecified atom stereocenters. The second-order valence-electron chi connectivity index (χ2n) is 7.46. The molecule has 11 heteroatoms.